The summed E-state index contributed by atoms with van der Waals surface area (Å²) in [6.45, 7) is 5.62. The first-order valence-electron chi connectivity index (χ1n) is 11.8. The van der Waals surface area contributed by atoms with Crippen LogP contribution in [0.1, 0.15) is 41.6 Å². The van der Waals surface area contributed by atoms with Crippen molar-refractivity contribution in [2.24, 2.45) is 5.10 Å². The zero-order valence-corrected chi connectivity index (χ0v) is 18.7. The fourth-order valence-corrected chi connectivity index (χ4v) is 4.56. The van der Waals surface area contributed by atoms with Gasteiger partial charge in [-0.1, -0.05) is 0 Å². The molecule has 174 valence electrons. The zero-order valence-electron chi connectivity index (χ0n) is 18.7. The molecule has 1 aliphatic carbocycles. The Labute approximate surface area is 193 Å². The van der Waals surface area contributed by atoms with Crippen molar-refractivity contribution in [3.8, 4) is 5.75 Å². The average molecular weight is 452 g/mol. The Balaban J connectivity index is 1.24. The van der Waals surface area contributed by atoms with Gasteiger partial charge in [0.15, 0.2) is 11.6 Å². The fraction of sp³-hybridized carbons (Fsp3) is 0.440. The minimum absolute atomic E-state index is 0.133. The average Bonchev–Trinajstić information content (AvgIpc) is 3.54. The summed E-state index contributed by atoms with van der Waals surface area (Å²) >= 11 is 0. The molecule has 1 saturated carbocycles. The number of carbonyl (C=O) groups is 1. The van der Waals surface area contributed by atoms with Gasteiger partial charge in [0.25, 0.3) is 5.91 Å². The van der Waals surface area contributed by atoms with Crippen molar-refractivity contribution in [1.82, 2.24) is 9.91 Å². The van der Waals surface area contributed by atoms with Crippen molar-refractivity contribution in [1.29, 1.82) is 0 Å². The van der Waals surface area contributed by atoms with Gasteiger partial charge in [0.2, 0.25) is 0 Å². The van der Waals surface area contributed by atoms with Crippen molar-refractivity contribution in [2.75, 3.05) is 49.5 Å². The zero-order chi connectivity index (χ0) is 22.8. The van der Waals surface area contributed by atoms with E-state index in [1.165, 1.54) is 38.0 Å². The van der Waals surface area contributed by atoms with Crippen LogP contribution < -0.4 is 10.2 Å². The van der Waals surface area contributed by atoms with Crippen molar-refractivity contribution in [2.45, 2.75) is 31.7 Å². The van der Waals surface area contributed by atoms with Crippen LogP contribution in [-0.4, -0.2) is 72.4 Å². The lowest BCUT2D eigenvalue weighted by Crippen LogP contribution is -2.45. The molecule has 33 heavy (non-hydrogen) atoms. The molecule has 0 unspecified atom stereocenters. The highest BCUT2D eigenvalue weighted by atomic mass is 19.1. The Morgan fingerprint density at radius 2 is 1.73 bits per heavy atom. The lowest BCUT2D eigenvalue weighted by Gasteiger charge is -2.33. The number of piperazine rings is 1. The van der Waals surface area contributed by atoms with Gasteiger partial charge in [0.05, 0.1) is 6.21 Å². The van der Waals surface area contributed by atoms with Crippen LogP contribution in [0.4, 0.5) is 15.8 Å². The number of aromatic hydroxyl groups is 1. The summed E-state index contributed by atoms with van der Waals surface area (Å²) in [5.41, 5.74) is 2.10. The standard InChI is InChI=1S/C25H30FN5O2/c26-23-16-18(25(33)28-20-3-5-21(6-4-20)29-9-1-2-10-29)15-19(24(23)32)17-27-31-13-11-30(12-14-31)22-7-8-22/h3-6,15-17,22,32H,1-2,7-14H2,(H,28,33)/b27-17+. The first-order chi connectivity index (χ1) is 16.1. The second-order valence-electron chi connectivity index (χ2n) is 9.06. The third kappa shape index (κ3) is 5.11. The number of nitrogens with zero attached hydrogens (tertiary/aromatic N) is 4. The molecule has 7 nitrogen and oxygen atoms in total. The number of hydrazone groups is 1. The van der Waals surface area contributed by atoms with Crippen LogP contribution in [0.15, 0.2) is 41.5 Å². The van der Waals surface area contributed by atoms with Crippen molar-refractivity contribution >= 4 is 23.5 Å². The number of halogens is 1. The molecule has 3 aliphatic rings. The number of nitrogens with one attached hydrogen (secondary N) is 1. The second kappa shape index (κ2) is 9.39. The van der Waals surface area contributed by atoms with Gasteiger partial charge in [-0.25, -0.2) is 4.39 Å². The van der Waals surface area contributed by atoms with Crippen LogP contribution in [0.5, 0.6) is 5.75 Å². The molecule has 2 saturated heterocycles. The lowest BCUT2D eigenvalue weighted by molar-refractivity contribution is 0.102. The highest BCUT2D eigenvalue weighted by Gasteiger charge is 2.30. The van der Waals surface area contributed by atoms with Crippen molar-refractivity contribution < 1.29 is 14.3 Å². The van der Waals surface area contributed by atoms with E-state index in [0.29, 0.717) is 5.69 Å². The summed E-state index contributed by atoms with van der Waals surface area (Å²) in [6, 6.07) is 10.9. The predicted molar refractivity (Wildman–Crippen MR) is 128 cm³/mol. The number of rotatable bonds is 6. The molecule has 3 fully saturated rings. The van der Waals surface area contributed by atoms with E-state index >= 15 is 0 Å². The van der Waals surface area contributed by atoms with Crippen LogP contribution in [-0.2, 0) is 0 Å². The van der Waals surface area contributed by atoms with Gasteiger partial charge in [-0.2, -0.15) is 5.10 Å². The SMILES string of the molecule is O=C(Nc1ccc(N2CCCC2)cc1)c1cc(F)c(O)c(/C=N/N2CCN(C3CC3)CC2)c1. The van der Waals surface area contributed by atoms with Crippen LogP contribution in [0, 0.1) is 5.82 Å². The minimum Gasteiger partial charge on any atom is -0.504 e. The number of phenols is 1. The number of benzene rings is 2. The van der Waals surface area contributed by atoms with E-state index in [1.54, 1.807) is 0 Å². The van der Waals surface area contributed by atoms with E-state index in [2.05, 4.69) is 20.2 Å². The van der Waals surface area contributed by atoms with Crippen LogP contribution in [0.2, 0.25) is 0 Å². The molecule has 8 heteroatoms. The Morgan fingerprint density at radius 3 is 2.39 bits per heavy atom. The number of anilines is 2. The molecule has 0 bridgehead atoms. The molecular weight excluding hydrogens is 421 g/mol. The largest absolute Gasteiger partial charge is 0.504 e. The van der Waals surface area contributed by atoms with E-state index in [4.69, 9.17) is 0 Å². The molecule has 0 radical (unpaired) electrons. The Bertz CT molecular complexity index is 1020. The third-order valence-electron chi connectivity index (χ3n) is 6.67. The van der Waals surface area contributed by atoms with Crippen LogP contribution >= 0.6 is 0 Å². The normalized spacial score (nSPS) is 19.4. The van der Waals surface area contributed by atoms with Gasteiger partial charge in [0, 0.05) is 67.8 Å². The van der Waals surface area contributed by atoms with Gasteiger partial charge >= 0.3 is 0 Å². The van der Waals surface area contributed by atoms with Crippen LogP contribution in [0.3, 0.4) is 0 Å². The predicted octanol–water partition coefficient (Wildman–Crippen LogP) is 3.50. The second-order valence-corrected chi connectivity index (χ2v) is 9.06. The number of phenolic OH excluding ortho intramolecular Hbond substituents is 1. The molecule has 2 heterocycles. The van der Waals surface area contributed by atoms with E-state index in [-0.39, 0.29) is 11.1 Å². The van der Waals surface area contributed by atoms with E-state index < -0.39 is 17.5 Å². The van der Waals surface area contributed by atoms with Crippen molar-refractivity contribution in [3.05, 3.63) is 53.3 Å². The highest BCUT2D eigenvalue weighted by molar-refractivity contribution is 6.05. The molecule has 5 rings (SSSR count). The van der Waals surface area contributed by atoms with E-state index in [1.807, 2.05) is 29.3 Å². The number of hydrogen-bond acceptors (Lipinski definition) is 6. The van der Waals surface area contributed by atoms with Gasteiger partial charge < -0.3 is 15.3 Å². The third-order valence-corrected chi connectivity index (χ3v) is 6.67. The maximum absolute atomic E-state index is 14.4. The fourth-order valence-electron chi connectivity index (χ4n) is 4.56. The van der Waals surface area contributed by atoms with E-state index in [0.717, 1.165) is 57.1 Å². The molecular formula is C25H30FN5O2. The number of carbonyl (C=O) groups excluding carboxylic acids is 1. The topological polar surface area (TPSA) is 71.4 Å². The van der Waals surface area contributed by atoms with Gasteiger partial charge in [-0.05, 0) is 62.1 Å². The summed E-state index contributed by atoms with van der Waals surface area (Å²) in [5, 5.41) is 19.3. The molecule has 2 N–H and O–H groups in total. The summed E-state index contributed by atoms with van der Waals surface area (Å²) < 4.78 is 14.4. The Morgan fingerprint density at radius 1 is 1.03 bits per heavy atom. The first-order valence-corrected chi connectivity index (χ1v) is 11.8. The maximum Gasteiger partial charge on any atom is 0.255 e. The molecule has 2 aromatic carbocycles. The maximum atomic E-state index is 14.4. The monoisotopic (exact) mass is 451 g/mol. The van der Waals surface area contributed by atoms with Gasteiger partial charge in [-0.3, -0.25) is 14.7 Å². The Kier molecular flexibility index (Phi) is 6.17. The lowest BCUT2D eigenvalue weighted by atomic mass is 10.1. The molecule has 2 aromatic rings. The minimum atomic E-state index is -0.841. The summed E-state index contributed by atoms with van der Waals surface area (Å²) in [6.07, 6.45) is 6.41. The Hall–Kier alpha value is -3.13. The summed E-state index contributed by atoms with van der Waals surface area (Å²) in [4.78, 5) is 17.5. The van der Waals surface area contributed by atoms with Gasteiger partial charge in [0.1, 0.15) is 0 Å². The first kappa shape index (κ1) is 21.7. The summed E-state index contributed by atoms with van der Waals surface area (Å²) in [7, 11) is 0. The van der Waals surface area contributed by atoms with Crippen LogP contribution in [0.25, 0.3) is 0 Å². The molecule has 1 amide bonds. The highest BCUT2D eigenvalue weighted by Crippen LogP contribution is 2.28. The number of hydrogen-bond donors (Lipinski definition) is 2. The molecule has 0 aromatic heterocycles. The van der Waals surface area contributed by atoms with E-state index in [9.17, 15) is 14.3 Å². The number of amides is 1. The summed E-state index contributed by atoms with van der Waals surface area (Å²) in [5.74, 6) is -1.77. The van der Waals surface area contributed by atoms with Crippen molar-refractivity contribution in [3.63, 3.8) is 0 Å². The molecule has 0 spiro atoms. The van der Waals surface area contributed by atoms with Gasteiger partial charge in [-0.15, -0.1) is 0 Å². The molecule has 2 aliphatic heterocycles. The smallest absolute Gasteiger partial charge is 0.255 e. The quantitative estimate of drug-likeness (QED) is 0.658. The molecule has 0 atom stereocenters.